The lowest BCUT2D eigenvalue weighted by molar-refractivity contribution is 0.0517. The fourth-order valence-corrected chi connectivity index (χ4v) is 4.07. The summed E-state index contributed by atoms with van der Waals surface area (Å²) in [5, 5.41) is 0.985. The monoisotopic (exact) mass is 427 g/mol. The van der Waals surface area contributed by atoms with Crippen LogP contribution in [0.4, 0.5) is 0 Å². The van der Waals surface area contributed by atoms with Gasteiger partial charge in [0.15, 0.2) is 0 Å². The molecule has 1 aliphatic carbocycles. The van der Waals surface area contributed by atoms with Crippen LogP contribution in [0.3, 0.4) is 0 Å². The molecule has 0 unspecified atom stereocenters. The smallest absolute Gasteiger partial charge is 0.355 e. The van der Waals surface area contributed by atoms with E-state index in [0.717, 1.165) is 39.7 Å². The number of esters is 1. The highest BCUT2D eigenvalue weighted by Gasteiger charge is 2.19. The molecule has 2 aromatic carbocycles. The van der Waals surface area contributed by atoms with E-state index in [1.807, 2.05) is 60.0 Å². The fourth-order valence-electron chi connectivity index (χ4n) is 3.69. The zero-order valence-corrected chi connectivity index (χ0v) is 16.9. The van der Waals surface area contributed by atoms with Crippen LogP contribution in [-0.2, 0) is 4.74 Å². The van der Waals surface area contributed by atoms with Gasteiger partial charge >= 0.3 is 5.97 Å². The van der Waals surface area contributed by atoms with Crippen molar-refractivity contribution in [1.29, 1.82) is 0 Å². The quantitative estimate of drug-likeness (QED) is 0.476. The predicted octanol–water partition coefficient (Wildman–Crippen LogP) is 5.89. The Morgan fingerprint density at radius 1 is 1.11 bits per heavy atom. The number of nitrogens with zero attached hydrogens (tertiary/aromatic N) is 1. The molecule has 5 heteroatoms. The van der Waals surface area contributed by atoms with Gasteiger partial charge in [0, 0.05) is 15.5 Å². The number of aromatic nitrogens is 1. The first-order valence-electron chi connectivity index (χ1n) is 9.41. The second-order valence-electron chi connectivity index (χ2n) is 6.81. The van der Waals surface area contributed by atoms with Gasteiger partial charge in [-0.3, -0.25) is 0 Å². The van der Waals surface area contributed by atoms with E-state index in [1.54, 1.807) is 0 Å². The normalized spacial score (nSPS) is 14.6. The largest absolute Gasteiger partial charge is 0.490 e. The summed E-state index contributed by atoms with van der Waals surface area (Å²) in [6, 6.07) is 15.8. The Hall–Kier alpha value is -2.27. The highest BCUT2D eigenvalue weighted by atomic mass is 79.9. The molecule has 1 heterocycles. The molecule has 140 valence electrons. The van der Waals surface area contributed by atoms with Crippen molar-refractivity contribution < 1.29 is 14.3 Å². The van der Waals surface area contributed by atoms with Crippen LogP contribution in [0, 0.1) is 0 Å². The summed E-state index contributed by atoms with van der Waals surface area (Å²) in [5.41, 5.74) is 2.40. The number of halogens is 1. The zero-order chi connectivity index (χ0) is 18.8. The molecule has 0 bridgehead atoms. The molecular weight excluding hydrogens is 406 g/mol. The van der Waals surface area contributed by atoms with Crippen LogP contribution in [0.2, 0.25) is 0 Å². The van der Waals surface area contributed by atoms with E-state index in [0.29, 0.717) is 18.4 Å². The number of hydrogen-bond donors (Lipinski definition) is 0. The second-order valence-corrected chi connectivity index (χ2v) is 7.72. The minimum absolute atomic E-state index is 0.323. The van der Waals surface area contributed by atoms with Crippen molar-refractivity contribution in [3.05, 3.63) is 58.7 Å². The molecule has 0 radical (unpaired) electrons. The van der Waals surface area contributed by atoms with E-state index in [-0.39, 0.29) is 5.97 Å². The van der Waals surface area contributed by atoms with Gasteiger partial charge in [0.05, 0.1) is 18.2 Å². The number of fused-ring (bicyclic) bond motifs is 1. The van der Waals surface area contributed by atoms with Gasteiger partial charge in [-0.2, -0.15) is 0 Å². The van der Waals surface area contributed by atoms with E-state index in [9.17, 15) is 4.79 Å². The van der Waals surface area contributed by atoms with Gasteiger partial charge in [0.1, 0.15) is 11.4 Å². The number of hydrogen-bond acceptors (Lipinski definition) is 3. The summed E-state index contributed by atoms with van der Waals surface area (Å²) in [6.07, 6.45) is 5.08. The Morgan fingerprint density at radius 2 is 1.85 bits per heavy atom. The molecule has 0 spiro atoms. The van der Waals surface area contributed by atoms with Crippen LogP contribution >= 0.6 is 15.9 Å². The summed E-state index contributed by atoms with van der Waals surface area (Å²) >= 11 is 3.50. The molecule has 1 saturated carbocycles. The number of ether oxygens (including phenoxy) is 2. The molecule has 1 fully saturated rings. The average Bonchev–Trinajstić information content (AvgIpc) is 3.30. The maximum absolute atomic E-state index is 12.5. The standard InChI is InChI=1S/C22H22BrNO3/c1-2-26-22(25)21-14-15-13-16(23)7-12-20(15)24(21)17-8-10-19(11-9-17)27-18-5-3-4-6-18/h7-14,18H,2-6H2,1H3. The van der Waals surface area contributed by atoms with Gasteiger partial charge in [-0.25, -0.2) is 4.79 Å². The minimum atomic E-state index is -0.323. The lowest BCUT2D eigenvalue weighted by Crippen LogP contribution is -2.12. The molecule has 27 heavy (non-hydrogen) atoms. The first-order chi connectivity index (χ1) is 13.2. The molecule has 0 N–H and O–H groups in total. The number of carbonyl (C=O) groups excluding carboxylic acids is 1. The van der Waals surface area contributed by atoms with E-state index in [1.165, 1.54) is 12.8 Å². The lowest BCUT2D eigenvalue weighted by Gasteiger charge is -2.14. The van der Waals surface area contributed by atoms with Gasteiger partial charge < -0.3 is 14.0 Å². The summed E-state index contributed by atoms with van der Waals surface area (Å²) in [4.78, 5) is 12.5. The molecule has 4 nitrogen and oxygen atoms in total. The van der Waals surface area contributed by atoms with Crippen molar-refractivity contribution in [2.75, 3.05) is 6.61 Å². The average molecular weight is 428 g/mol. The first-order valence-corrected chi connectivity index (χ1v) is 10.2. The minimum Gasteiger partial charge on any atom is -0.490 e. The van der Waals surface area contributed by atoms with Crippen molar-refractivity contribution >= 4 is 32.8 Å². The SMILES string of the molecule is CCOC(=O)c1cc2cc(Br)ccc2n1-c1ccc(OC2CCCC2)cc1. The molecule has 3 aromatic rings. The second kappa shape index (κ2) is 7.77. The molecule has 0 aliphatic heterocycles. The van der Waals surface area contributed by atoms with Crippen LogP contribution < -0.4 is 4.74 Å². The van der Waals surface area contributed by atoms with Crippen molar-refractivity contribution in [2.45, 2.75) is 38.7 Å². The molecular formula is C22H22BrNO3. The van der Waals surface area contributed by atoms with Gasteiger partial charge in [-0.15, -0.1) is 0 Å². The predicted molar refractivity (Wildman–Crippen MR) is 110 cm³/mol. The highest BCUT2D eigenvalue weighted by Crippen LogP contribution is 2.29. The van der Waals surface area contributed by atoms with Crippen LogP contribution in [0.25, 0.3) is 16.6 Å². The van der Waals surface area contributed by atoms with Gasteiger partial charge in [-0.05, 0) is 81.1 Å². The zero-order valence-electron chi connectivity index (χ0n) is 15.3. The van der Waals surface area contributed by atoms with Crippen LogP contribution in [0.5, 0.6) is 5.75 Å². The van der Waals surface area contributed by atoms with Crippen molar-refractivity contribution in [3.63, 3.8) is 0 Å². The molecule has 4 rings (SSSR count). The van der Waals surface area contributed by atoms with Gasteiger partial charge in [-0.1, -0.05) is 15.9 Å². The summed E-state index contributed by atoms with van der Waals surface area (Å²) in [7, 11) is 0. The number of benzene rings is 2. The summed E-state index contributed by atoms with van der Waals surface area (Å²) in [5.74, 6) is 0.554. The van der Waals surface area contributed by atoms with Crippen LogP contribution in [0.1, 0.15) is 43.1 Å². The van der Waals surface area contributed by atoms with Crippen molar-refractivity contribution in [2.24, 2.45) is 0 Å². The topological polar surface area (TPSA) is 40.5 Å². The Bertz CT molecular complexity index is 956. The van der Waals surface area contributed by atoms with E-state index in [4.69, 9.17) is 9.47 Å². The molecule has 0 atom stereocenters. The molecule has 0 amide bonds. The van der Waals surface area contributed by atoms with E-state index < -0.39 is 0 Å². The summed E-state index contributed by atoms with van der Waals surface area (Å²) < 4.78 is 14.2. The van der Waals surface area contributed by atoms with Crippen LogP contribution in [0.15, 0.2) is 53.0 Å². The Morgan fingerprint density at radius 3 is 2.56 bits per heavy atom. The van der Waals surface area contributed by atoms with Gasteiger partial charge in [0.2, 0.25) is 0 Å². The first kappa shape index (κ1) is 18.1. The lowest BCUT2D eigenvalue weighted by atomic mass is 10.2. The van der Waals surface area contributed by atoms with Crippen LogP contribution in [-0.4, -0.2) is 23.2 Å². The van der Waals surface area contributed by atoms with Crippen molar-refractivity contribution in [1.82, 2.24) is 4.57 Å². The molecule has 1 aliphatic rings. The van der Waals surface area contributed by atoms with E-state index >= 15 is 0 Å². The maximum atomic E-state index is 12.5. The molecule has 0 saturated heterocycles. The van der Waals surface area contributed by atoms with Crippen molar-refractivity contribution in [3.8, 4) is 11.4 Å². The highest BCUT2D eigenvalue weighted by molar-refractivity contribution is 9.10. The Balaban J connectivity index is 1.72. The number of rotatable bonds is 5. The third-order valence-corrected chi connectivity index (χ3v) is 5.44. The number of carbonyl (C=O) groups is 1. The van der Waals surface area contributed by atoms with E-state index in [2.05, 4.69) is 15.9 Å². The fraction of sp³-hybridized carbons (Fsp3) is 0.318. The Kier molecular flexibility index (Phi) is 5.21. The van der Waals surface area contributed by atoms with Gasteiger partial charge in [0.25, 0.3) is 0 Å². The maximum Gasteiger partial charge on any atom is 0.355 e. The molecule has 1 aromatic heterocycles. The third kappa shape index (κ3) is 3.74. The summed E-state index contributed by atoms with van der Waals surface area (Å²) in [6.45, 7) is 2.16. The Labute approximate surface area is 167 Å². The third-order valence-electron chi connectivity index (χ3n) is 4.95.